The summed E-state index contributed by atoms with van der Waals surface area (Å²) in [7, 11) is 0. The molecule has 2 aromatic carbocycles. The van der Waals surface area contributed by atoms with E-state index in [-0.39, 0.29) is 24.2 Å². The van der Waals surface area contributed by atoms with Gasteiger partial charge in [0.1, 0.15) is 5.82 Å². The quantitative estimate of drug-likeness (QED) is 0.675. The van der Waals surface area contributed by atoms with Crippen molar-refractivity contribution in [3.63, 3.8) is 0 Å². The zero-order valence-corrected chi connectivity index (χ0v) is 16.3. The number of H-pyrrole nitrogens is 1. The number of piperidine rings is 1. The van der Waals surface area contributed by atoms with Gasteiger partial charge in [0.15, 0.2) is 0 Å². The van der Waals surface area contributed by atoms with Crippen molar-refractivity contribution in [2.45, 2.75) is 25.7 Å². The molecular weight excluding hydrogens is 366 g/mol. The minimum atomic E-state index is -0.784. The van der Waals surface area contributed by atoms with Crippen molar-refractivity contribution in [1.29, 1.82) is 0 Å². The predicted octanol–water partition coefficient (Wildman–Crippen LogP) is 3.29. The van der Waals surface area contributed by atoms with Crippen LogP contribution in [0.2, 0.25) is 0 Å². The number of rotatable bonds is 6. The van der Waals surface area contributed by atoms with Gasteiger partial charge in [0, 0.05) is 25.9 Å². The number of benzene rings is 2. The highest BCUT2D eigenvalue weighted by Gasteiger charge is 2.33. The molecule has 150 valence electrons. The van der Waals surface area contributed by atoms with Gasteiger partial charge in [-0.05, 0) is 36.0 Å². The van der Waals surface area contributed by atoms with E-state index in [0.29, 0.717) is 32.4 Å². The fourth-order valence-corrected chi connectivity index (χ4v) is 4.26. The molecule has 3 aromatic rings. The number of fused-ring (bicyclic) bond motifs is 1. The summed E-state index contributed by atoms with van der Waals surface area (Å²) in [4.78, 5) is 34.1. The summed E-state index contributed by atoms with van der Waals surface area (Å²) in [6.07, 6.45) is 1.85. The van der Waals surface area contributed by atoms with E-state index in [1.54, 1.807) is 0 Å². The number of carbonyl (C=O) groups excluding carboxylic acids is 1. The van der Waals surface area contributed by atoms with Gasteiger partial charge in [0.2, 0.25) is 5.91 Å². The first kappa shape index (κ1) is 19.2. The normalized spacial score (nSPS) is 19.4. The predicted molar refractivity (Wildman–Crippen MR) is 110 cm³/mol. The van der Waals surface area contributed by atoms with Crippen molar-refractivity contribution >= 4 is 22.9 Å². The van der Waals surface area contributed by atoms with Gasteiger partial charge in [0.25, 0.3) is 0 Å². The van der Waals surface area contributed by atoms with E-state index in [4.69, 9.17) is 0 Å². The molecule has 2 N–H and O–H groups in total. The number of para-hydroxylation sites is 2. The molecule has 29 heavy (non-hydrogen) atoms. The largest absolute Gasteiger partial charge is 0.481 e. The SMILES string of the molecule is O=C(O)CC1CCN(C(=O)Cc2ccccc2)CC1Cc1nc2ccccc2[nH]1. The van der Waals surface area contributed by atoms with Crippen molar-refractivity contribution in [3.05, 3.63) is 66.0 Å². The second-order valence-electron chi connectivity index (χ2n) is 7.81. The molecule has 1 aliphatic heterocycles. The number of carbonyl (C=O) groups is 2. The number of aromatic nitrogens is 2. The average Bonchev–Trinajstić information content (AvgIpc) is 3.12. The standard InChI is InChI=1S/C23H25N3O3/c27-22(12-16-6-2-1-3-7-16)26-11-10-17(14-23(28)29)18(15-26)13-21-24-19-8-4-5-9-20(19)25-21/h1-9,17-18H,10-15H2,(H,24,25)(H,28,29). The monoisotopic (exact) mass is 391 g/mol. The molecule has 1 aliphatic rings. The number of hydrogen-bond acceptors (Lipinski definition) is 3. The van der Waals surface area contributed by atoms with Crippen molar-refractivity contribution in [2.24, 2.45) is 11.8 Å². The summed E-state index contributed by atoms with van der Waals surface area (Å²) < 4.78 is 0. The molecule has 1 aromatic heterocycles. The fourth-order valence-electron chi connectivity index (χ4n) is 4.26. The Morgan fingerprint density at radius 2 is 1.83 bits per heavy atom. The Morgan fingerprint density at radius 1 is 1.07 bits per heavy atom. The summed E-state index contributed by atoms with van der Waals surface area (Å²) in [5.41, 5.74) is 2.88. The van der Waals surface area contributed by atoms with Crippen molar-refractivity contribution in [1.82, 2.24) is 14.9 Å². The van der Waals surface area contributed by atoms with Crippen LogP contribution in [0.1, 0.15) is 24.2 Å². The van der Waals surface area contributed by atoms with Crippen molar-refractivity contribution in [2.75, 3.05) is 13.1 Å². The van der Waals surface area contributed by atoms with Crippen LogP contribution in [0.15, 0.2) is 54.6 Å². The smallest absolute Gasteiger partial charge is 0.303 e. The molecule has 4 rings (SSSR count). The lowest BCUT2D eigenvalue weighted by Crippen LogP contribution is -2.45. The van der Waals surface area contributed by atoms with E-state index in [1.165, 1.54) is 0 Å². The summed E-state index contributed by atoms with van der Waals surface area (Å²) >= 11 is 0. The van der Waals surface area contributed by atoms with Crippen LogP contribution in [0, 0.1) is 11.8 Å². The van der Waals surface area contributed by atoms with Crippen LogP contribution in [-0.2, 0) is 22.4 Å². The number of imidazole rings is 1. The van der Waals surface area contributed by atoms with E-state index in [9.17, 15) is 14.7 Å². The van der Waals surface area contributed by atoms with Gasteiger partial charge < -0.3 is 15.0 Å². The molecule has 0 bridgehead atoms. The Kier molecular flexibility index (Phi) is 5.60. The van der Waals surface area contributed by atoms with Gasteiger partial charge in [-0.1, -0.05) is 42.5 Å². The van der Waals surface area contributed by atoms with Crippen LogP contribution >= 0.6 is 0 Å². The first-order valence-corrected chi connectivity index (χ1v) is 10.1. The molecular formula is C23H25N3O3. The lowest BCUT2D eigenvalue weighted by atomic mass is 9.81. The molecule has 1 saturated heterocycles. The number of hydrogen-bond donors (Lipinski definition) is 2. The van der Waals surface area contributed by atoms with Crippen LogP contribution in [0.3, 0.4) is 0 Å². The van der Waals surface area contributed by atoms with E-state index < -0.39 is 5.97 Å². The second kappa shape index (κ2) is 8.47. The molecule has 0 saturated carbocycles. The number of carboxylic acids is 1. The third-order valence-corrected chi connectivity index (χ3v) is 5.77. The fraction of sp³-hybridized carbons (Fsp3) is 0.348. The average molecular weight is 391 g/mol. The first-order valence-electron chi connectivity index (χ1n) is 10.1. The molecule has 0 radical (unpaired) electrons. The van der Waals surface area contributed by atoms with Gasteiger partial charge in [-0.25, -0.2) is 4.98 Å². The van der Waals surface area contributed by atoms with Gasteiger partial charge in [-0.15, -0.1) is 0 Å². The molecule has 0 spiro atoms. The molecule has 1 amide bonds. The third-order valence-electron chi connectivity index (χ3n) is 5.77. The zero-order valence-electron chi connectivity index (χ0n) is 16.3. The third kappa shape index (κ3) is 4.65. The number of likely N-dealkylation sites (tertiary alicyclic amines) is 1. The van der Waals surface area contributed by atoms with Crippen LogP contribution < -0.4 is 0 Å². The van der Waals surface area contributed by atoms with Gasteiger partial charge in [-0.2, -0.15) is 0 Å². The number of aromatic amines is 1. The molecule has 2 unspecified atom stereocenters. The Morgan fingerprint density at radius 3 is 2.59 bits per heavy atom. The van der Waals surface area contributed by atoms with Crippen LogP contribution in [-0.4, -0.2) is 44.9 Å². The highest BCUT2D eigenvalue weighted by Crippen LogP contribution is 2.30. The maximum atomic E-state index is 12.8. The van der Waals surface area contributed by atoms with E-state index in [0.717, 1.165) is 22.4 Å². The Labute approximate surface area is 169 Å². The Bertz CT molecular complexity index is 966. The van der Waals surface area contributed by atoms with Crippen molar-refractivity contribution < 1.29 is 14.7 Å². The lowest BCUT2D eigenvalue weighted by molar-refractivity contribution is -0.139. The Balaban J connectivity index is 1.49. The minimum absolute atomic E-state index is 0.0430. The van der Waals surface area contributed by atoms with Gasteiger partial charge in [-0.3, -0.25) is 9.59 Å². The molecule has 0 aliphatic carbocycles. The molecule has 6 heteroatoms. The van der Waals surface area contributed by atoms with E-state index in [1.807, 2.05) is 59.5 Å². The summed E-state index contributed by atoms with van der Waals surface area (Å²) in [5.74, 6) is 0.277. The summed E-state index contributed by atoms with van der Waals surface area (Å²) in [5, 5.41) is 9.33. The number of carboxylic acid groups (broad SMARTS) is 1. The van der Waals surface area contributed by atoms with E-state index >= 15 is 0 Å². The molecule has 1 fully saturated rings. The van der Waals surface area contributed by atoms with E-state index in [2.05, 4.69) is 9.97 Å². The van der Waals surface area contributed by atoms with Gasteiger partial charge in [0.05, 0.1) is 17.5 Å². The number of nitrogens with one attached hydrogen (secondary N) is 1. The lowest BCUT2D eigenvalue weighted by Gasteiger charge is -2.38. The second-order valence-corrected chi connectivity index (χ2v) is 7.81. The Hall–Kier alpha value is -3.15. The number of aliphatic carboxylic acids is 1. The van der Waals surface area contributed by atoms with Crippen LogP contribution in [0.5, 0.6) is 0 Å². The molecule has 6 nitrogen and oxygen atoms in total. The highest BCUT2D eigenvalue weighted by molar-refractivity contribution is 5.79. The zero-order chi connectivity index (χ0) is 20.2. The maximum absolute atomic E-state index is 12.8. The summed E-state index contributed by atoms with van der Waals surface area (Å²) in [6.45, 7) is 1.18. The minimum Gasteiger partial charge on any atom is -0.481 e. The van der Waals surface area contributed by atoms with Crippen LogP contribution in [0.25, 0.3) is 11.0 Å². The van der Waals surface area contributed by atoms with Gasteiger partial charge >= 0.3 is 5.97 Å². The number of nitrogens with zero attached hydrogens (tertiary/aromatic N) is 2. The first-order chi connectivity index (χ1) is 14.1. The summed E-state index contributed by atoms with van der Waals surface area (Å²) in [6, 6.07) is 17.6. The van der Waals surface area contributed by atoms with Crippen molar-refractivity contribution in [3.8, 4) is 0 Å². The molecule has 2 heterocycles. The highest BCUT2D eigenvalue weighted by atomic mass is 16.4. The molecule has 2 atom stereocenters. The maximum Gasteiger partial charge on any atom is 0.303 e. The van der Waals surface area contributed by atoms with Crippen LogP contribution in [0.4, 0.5) is 0 Å². The number of amides is 1. The topological polar surface area (TPSA) is 86.3 Å².